The fraction of sp³-hybridized carbons (Fsp3) is 1.00. The number of piperidine rings is 1. The van der Waals surface area contributed by atoms with Crippen LogP contribution >= 0.6 is 0 Å². The van der Waals surface area contributed by atoms with E-state index in [1.54, 1.807) is 0 Å². The fourth-order valence-electron chi connectivity index (χ4n) is 3.08. The summed E-state index contributed by atoms with van der Waals surface area (Å²) < 4.78 is 0. The maximum atomic E-state index is 2.54. The van der Waals surface area contributed by atoms with E-state index < -0.39 is 0 Å². The van der Waals surface area contributed by atoms with E-state index in [-0.39, 0.29) is 0 Å². The highest BCUT2D eigenvalue weighted by Crippen LogP contribution is 2.39. The van der Waals surface area contributed by atoms with Gasteiger partial charge < -0.3 is 9.80 Å². The second-order valence-electron chi connectivity index (χ2n) is 5.25. The molecule has 0 aromatic heterocycles. The van der Waals surface area contributed by atoms with Crippen LogP contribution in [0.25, 0.3) is 0 Å². The summed E-state index contributed by atoms with van der Waals surface area (Å²) in [4.78, 5) is 5.06. The van der Waals surface area contributed by atoms with Crippen molar-refractivity contribution in [3.63, 3.8) is 0 Å². The Morgan fingerprint density at radius 2 is 1.83 bits per heavy atom. The number of likely N-dealkylation sites (N-methyl/N-ethyl adjacent to an activating group) is 2. The highest BCUT2D eigenvalue weighted by atomic mass is 15.3. The van der Waals surface area contributed by atoms with E-state index in [4.69, 9.17) is 0 Å². The van der Waals surface area contributed by atoms with E-state index in [0.29, 0.717) is 5.41 Å². The Bertz CT molecular complexity index is 188. The van der Waals surface area contributed by atoms with Crippen LogP contribution in [-0.2, 0) is 0 Å². The maximum Gasteiger partial charge on any atom is 0.0235 e. The molecule has 2 heteroatoms. The molecule has 2 unspecified atom stereocenters. The van der Waals surface area contributed by atoms with E-state index in [9.17, 15) is 0 Å². The molecule has 0 amide bonds. The number of hydrogen-bond donors (Lipinski definition) is 0. The Morgan fingerprint density at radius 3 is 2.50 bits per heavy atom. The van der Waals surface area contributed by atoms with Crippen molar-refractivity contribution in [3.8, 4) is 0 Å². The zero-order chi connectivity index (χ0) is 8.93. The highest BCUT2D eigenvalue weighted by Gasteiger charge is 2.46. The molecule has 0 N–H and O–H groups in total. The van der Waals surface area contributed by atoms with Crippen molar-refractivity contribution in [3.05, 3.63) is 0 Å². The summed E-state index contributed by atoms with van der Waals surface area (Å²) in [6, 6.07) is 1.65. The van der Waals surface area contributed by atoms with E-state index in [1.165, 1.54) is 19.5 Å². The summed E-state index contributed by atoms with van der Waals surface area (Å²) in [6.07, 6.45) is 1.38. The number of nitrogens with zero attached hydrogens (tertiary/aromatic N) is 2. The van der Waals surface area contributed by atoms with Crippen molar-refractivity contribution in [2.45, 2.75) is 32.4 Å². The van der Waals surface area contributed by atoms with Gasteiger partial charge in [-0.25, -0.2) is 0 Å². The highest BCUT2D eigenvalue weighted by molar-refractivity contribution is 5.02. The first-order valence-electron chi connectivity index (χ1n) is 4.91. The molecule has 0 radical (unpaired) electrons. The van der Waals surface area contributed by atoms with Gasteiger partial charge in [0.25, 0.3) is 0 Å². The fourth-order valence-corrected chi connectivity index (χ4v) is 3.08. The van der Waals surface area contributed by atoms with Gasteiger partial charge in [0.05, 0.1) is 0 Å². The molecule has 2 saturated heterocycles. The summed E-state index contributed by atoms with van der Waals surface area (Å²) >= 11 is 0. The lowest BCUT2D eigenvalue weighted by Gasteiger charge is -2.42. The topological polar surface area (TPSA) is 6.48 Å². The van der Waals surface area contributed by atoms with Crippen molar-refractivity contribution in [1.29, 1.82) is 0 Å². The predicted octanol–water partition coefficient (Wildman–Crippen LogP) is 1.03. The van der Waals surface area contributed by atoms with E-state index >= 15 is 0 Å². The molecule has 2 atom stereocenters. The van der Waals surface area contributed by atoms with E-state index in [2.05, 4.69) is 37.7 Å². The molecule has 0 aromatic rings. The molecule has 2 aliphatic heterocycles. The van der Waals surface area contributed by atoms with Gasteiger partial charge in [-0.15, -0.1) is 0 Å². The average molecular weight is 168 g/mol. The molecule has 2 nitrogen and oxygen atoms in total. The molecule has 0 saturated carbocycles. The molecule has 70 valence electrons. The average Bonchev–Trinajstić information content (AvgIpc) is 2.26. The minimum atomic E-state index is 0.483. The van der Waals surface area contributed by atoms with Gasteiger partial charge in [0.15, 0.2) is 0 Å². The molecule has 0 spiro atoms. The molecule has 2 fully saturated rings. The summed E-state index contributed by atoms with van der Waals surface area (Å²) in [5.74, 6) is 0. The van der Waals surface area contributed by atoms with Gasteiger partial charge in [-0.3, -0.25) is 0 Å². The van der Waals surface area contributed by atoms with Crippen molar-refractivity contribution >= 4 is 0 Å². The SMILES string of the molecule is CN1CC(C)(C)C2CC1CN2C. The van der Waals surface area contributed by atoms with Crippen molar-refractivity contribution in [1.82, 2.24) is 9.80 Å². The Hall–Kier alpha value is -0.0800. The van der Waals surface area contributed by atoms with Gasteiger partial charge in [-0.05, 0) is 25.9 Å². The van der Waals surface area contributed by atoms with Crippen molar-refractivity contribution < 1.29 is 0 Å². The molecule has 2 heterocycles. The molecular formula is C10H20N2. The lowest BCUT2D eigenvalue weighted by atomic mass is 9.79. The van der Waals surface area contributed by atoms with E-state index in [1.807, 2.05) is 0 Å². The third-order valence-corrected chi connectivity index (χ3v) is 3.71. The minimum Gasteiger partial charge on any atom is -0.301 e. The van der Waals surface area contributed by atoms with Gasteiger partial charge in [-0.1, -0.05) is 13.8 Å². The molecule has 2 rings (SSSR count). The lowest BCUT2D eigenvalue weighted by Crippen LogP contribution is -2.49. The molecular weight excluding hydrogens is 148 g/mol. The van der Waals surface area contributed by atoms with E-state index in [0.717, 1.165) is 12.1 Å². The quantitative estimate of drug-likeness (QED) is 0.533. The second-order valence-corrected chi connectivity index (χ2v) is 5.25. The summed E-state index contributed by atoms with van der Waals surface area (Å²) in [6.45, 7) is 7.32. The normalized spacial score (nSPS) is 42.0. The third kappa shape index (κ3) is 1.09. The smallest absolute Gasteiger partial charge is 0.0235 e. The molecule has 12 heavy (non-hydrogen) atoms. The maximum absolute atomic E-state index is 2.54. The summed E-state index contributed by atoms with van der Waals surface area (Å²) in [7, 11) is 4.54. The number of hydrogen-bond acceptors (Lipinski definition) is 2. The first kappa shape index (κ1) is 8.52. The molecule has 0 aliphatic carbocycles. The van der Waals surface area contributed by atoms with Crippen molar-refractivity contribution in [2.75, 3.05) is 27.2 Å². The standard InChI is InChI=1S/C10H20N2/c1-10(2)7-12(4)8-5-9(10)11(3)6-8/h8-9H,5-7H2,1-4H3. The first-order valence-corrected chi connectivity index (χ1v) is 4.91. The summed E-state index contributed by atoms with van der Waals surface area (Å²) in [5.41, 5.74) is 0.483. The largest absolute Gasteiger partial charge is 0.301 e. The first-order chi connectivity index (χ1) is 5.50. The van der Waals surface area contributed by atoms with Crippen LogP contribution in [0.4, 0.5) is 0 Å². The van der Waals surface area contributed by atoms with Crippen LogP contribution in [-0.4, -0.2) is 49.1 Å². The van der Waals surface area contributed by atoms with Crippen LogP contribution in [0.2, 0.25) is 0 Å². The number of rotatable bonds is 0. The van der Waals surface area contributed by atoms with Crippen LogP contribution in [0.1, 0.15) is 20.3 Å². The molecule has 0 aromatic carbocycles. The van der Waals surface area contributed by atoms with Gasteiger partial charge in [-0.2, -0.15) is 0 Å². The second kappa shape index (κ2) is 2.46. The molecule has 2 bridgehead atoms. The van der Waals surface area contributed by atoms with Crippen LogP contribution in [0.15, 0.2) is 0 Å². The van der Waals surface area contributed by atoms with Crippen LogP contribution < -0.4 is 0 Å². The Morgan fingerprint density at radius 1 is 1.17 bits per heavy atom. The predicted molar refractivity (Wildman–Crippen MR) is 51.2 cm³/mol. The summed E-state index contributed by atoms with van der Waals surface area (Å²) in [5, 5.41) is 0. The van der Waals surface area contributed by atoms with Crippen LogP contribution in [0.5, 0.6) is 0 Å². The third-order valence-electron chi connectivity index (χ3n) is 3.71. The number of likely N-dealkylation sites (tertiary alicyclic amines) is 2. The Labute approximate surface area is 75.5 Å². The zero-order valence-corrected chi connectivity index (χ0v) is 8.67. The van der Waals surface area contributed by atoms with Crippen LogP contribution in [0, 0.1) is 5.41 Å². The molecule has 2 aliphatic rings. The Balaban J connectivity index is 2.22. The van der Waals surface area contributed by atoms with Crippen LogP contribution in [0.3, 0.4) is 0 Å². The zero-order valence-electron chi connectivity index (χ0n) is 8.67. The van der Waals surface area contributed by atoms with Gasteiger partial charge >= 0.3 is 0 Å². The number of fused-ring (bicyclic) bond motifs is 2. The van der Waals surface area contributed by atoms with Gasteiger partial charge in [0, 0.05) is 25.2 Å². The monoisotopic (exact) mass is 168 g/mol. The van der Waals surface area contributed by atoms with Crippen molar-refractivity contribution in [2.24, 2.45) is 5.41 Å². The minimum absolute atomic E-state index is 0.483. The Kier molecular flexibility index (Phi) is 1.74. The lowest BCUT2D eigenvalue weighted by molar-refractivity contribution is 0.0796. The van der Waals surface area contributed by atoms with Gasteiger partial charge in [0.2, 0.25) is 0 Å². The van der Waals surface area contributed by atoms with Gasteiger partial charge in [0.1, 0.15) is 0 Å².